The lowest BCUT2D eigenvalue weighted by Crippen LogP contribution is -2.03. The fraction of sp³-hybridized carbons (Fsp3) is 0. The van der Waals surface area contributed by atoms with Crippen LogP contribution in [0.1, 0.15) is 0 Å². The fourth-order valence-corrected chi connectivity index (χ4v) is 2.10. The molecule has 2 heterocycles. The number of pyridine rings is 1. The van der Waals surface area contributed by atoms with Crippen molar-refractivity contribution in [3.63, 3.8) is 0 Å². The summed E-state index contributed by atoms with van der Waals surface area (Å²) in [5, 5.41) is 6.44. The zero-order valence-electron chi connectivity index (χ0n) is 10.3. The lowest BCUT2D eigenvalue weighted by molar-refractivity contribution is 0.493. The molecule has 3 rings (SSSR count). The summed E-state index contributed by atoms with van der Waals surface area (Å²) >= 11 is 5.02. The highest BCUT2D eigenvalue weighted by Gasteiger charge is 2.17. The van der Waals surface area contributed by atoms with Gasteiger partial charge in [-0.1, -0.05) is 6.07 Å². The zero-order chi connectivity index (χ0) is 15.0. The first-order chi connectivity index (χ1) is 10.1. The van der Waals surface area contributed by atoms with E-state index in [1.807, 2.05) is 0 Å². The second-order valence-corrected chi connectivity index (χ2v) is 4.51. The third kappa shape index (κ3) is 2.33. The van der Waals surface area contributed by atoms with Gasteiger partial charge in [-0.25, -0.2) is 13.2 Å². The molecule has 0 spiro atoms. The monoisotopic (exact) mass is 308 g/mol. The van der Waals surface area contributed by atoms with E-state index in [1.165, 1.54) is 6.20 Å². The molecular formula is C13H7F3N4S. The minimum absolute atomic E-state index is 0.0422. The zero-order valence-corrected chi connectivity index (χ0v) is 11.2. The first-order valence-electron chi connectivity index (χ1n) is 5.81. The van der Waals surface area contributed by atoms with Gasteiger partial charge in [0.2, 0.25) is 0 Å². The van der Waals surface area contributed by atoms with Crippen molar-refractivity contribution in [2.24, 2.45) is 0 Å². The Morgan fingerprint density at radius 1 is 1.05 bits per heavy atom. The molecule has 21 heavy (non-hydrogen) atoms. The predicted molar refractivity (Wildman–Crippen MR) is 71.9 cm³/mol. The number of H-pyrrole nitrogens is 1. The molecule has 1 aromatic carbocycles. The maximum atomic E-state index is 13.9. The van der Waals surface area contributed by atoms with Crippen molar-refractivity contribution < 1.29 is 13.2 Å². The number of rotatable bonds is 2. The van der Waals surface area contributed by atoms with Crippen LogP contribution in [-0.2, 0) is 0 Å². The molecule has 0 saturated heterocycles. The summed E-state index contributed by atoms with van der Waals surface area (Å²) < 4.78 is 41.6. The van der Waals surface area contributed by atoms with Gasteiger partial charge in [-0.3, -0.25) is 14.6 Å². The second-order valence-electron chi connectivity index (χ2n) is 4.12. The Kier molecular flexibility index (Phi) is 3.30. The second kappa shape index (κ2) is 5.13. The maximum Gasteiger partial charge on any atom is 0.200 e. The lowest BCUT2D eigenvalue weighted by Gasteiger charge is -2.08. The Hall–Kier alpha value is -2.48. The fourth-order valence-electron chi connectivity index (χ4n) is 1.87. The van der Waals surface area contributed by atoms with Crippen LogP contribution in [0, 0.1) is 22.2 Å². The SMILES string of the molecule is Fc1cc(F)c(-n2c(-c3ccccn3)n[nH]c2=S)cc1F. The lowest BCUT2D eigenvalue weighted by atomic mass is 10.2. The number of halogens is 3. The number of aromatic nitrogens is 4. The number of hydrogen-bond donors (Lipinski definition) is 1. The van der Waals surface area contributed by atoms with Crippen molar-refractivity contribution in [1.29, 1.82) is 0 Å². The predicted octanol–water partition coefficient (Wildman–Crippen LogP) is 3.41. The number of benzene rings is 1. The number of hydrogen-bond acceptors (Lipinski definition) is 3. The van der Waals surface area contributed by atoms with Crippen LogP contribution in [0.2, 0.25) is 0 Å². The average Bonchev–Trinajstić information content (AvgIpc) is 2.85. The van der Waals surface area contributed by atoms with E-state index < -0.39 is 17.5 Å². The molecular weight excluding hydrogens is 301 g/mol. The third-order valence-corrected chi connectivity index (χ3v) is 3.07. The molecule has 2 aromatic heterocycles. The smallest absolute Gasteiger partial charge is 0.200 e. The molecule has 8 heteroatoms. The van der Waals surface area contributed by atoms with Crippen LogP contribution < -0.4 is 0 Å². The molecule has 106 valence electrons. The number of nitrogens with zero attached hydrogens (tertiary/aromatic N) is 3. The molecule has 1 N–H and O–H groups in total. The molecule has 0 amide bonds. The molecule has 0 aliphatic rings. The molecule has 0 atom stereocenters. The summed E-state index contributed by atoms with van der Waals surface area (Å²) in [4.78, 5) is 4.08. The summed E-state index contributed by atoms with van der Waals surface area (Å²) in [5.41, 5.74) is 0.169. The normalized spacial score (nSPS) is 10.8. The van der Waals surface area contributed by atoms with Crippen molar-refractivity contribution in [2.75, 3.05) is 0 Å². The standard InChI is InChI=1S/C13H7F3N4S/c14-7-5-9(16)11(6-8(7)15)20-12(18-19-13(20)21)10-3-1-2-4-17-10/h1-6H,(H,19,21). The average molecular weight is 308 g/mol. The van der Waals surface area contributed by atoms with Gasteiger partial charge in [0.05, 0.1) is 5.69 Å². The van der Waals surface area contributed by atoms with E-state index in [1.54, 1.807) is 18.2 Å². The van der Waals surface area contributed by atoms with Crippen LogP contribution in [0.5, 0.6) is 0 Å². The Balaban J connectivity index is 2.27. The van der Waals surface area contributed by atoms with Crippen molar-refractivity contribution in [3.8, 4) is 17.2 Å². The quantitative estimate of drug-likeness (QED) is 0.583. The van der Waals surface area contributed by atoms with Gasteiger partial charge in [0.15, 0.2) is 22.2 Å². The van der Waals surface area contributed by atoms with Crippen LogP contribution in [0.25, 0.3) is 17.2 Å². The summed E-state index contributed by atoms with van der Waals surface area (Å²) in [6, 6.07) is 6.24. The maximum absolute atomic E-state index is 13.9. The van der Waals surface area contributed by atoms with E-state index in [2.05, 4.69) is 15.2 Å². The van der Waals surface area contributed by atoms with E-state index >= 15 is 0 Å². The largest absolute Gasteiger partial charge is 0.264 e. The van der Waals surface area contributed by atoms with Gasteiger partial charge in [0, 0.05) is 18.3 Å². The Morgan fingerprint density at radius 3 is 2.52 bits per heavy atom. The molecule has 4 nitrogen and oxygen atoms in total. The van der Waals surface area contributed by atoms with Crippen LogP contribution in [-0.4, -0.2) is 19.7 Å². The van der Waals surface area contributed by atoms with Crippen LogP contribution in [0.3, 0.4) is 0 Å². The van der Waals surface area contributed by atoms with Crippen molar-refractivity contribution in [2.45, 2.75) is 0 Å². The van der Waals surface area contributed by atoms with E-state index in [-0.39, 0.29) is 16.3 Å². The summed E-state index contributed by atoms with van der Waals surface area (Å²) in [5.74, 6) is -3.21. The Morgan fingerprint density at radius 2 is 1.81 bits per heavy atom. The minimum atomic E-state index is -1.27. The summed E-state index contributed by atoms with van der Waals surface area (Å²) in [6.07, 6.45) is 1.53. The topological polar surface area (TPSA) is 46.5 Å². The van der Waals surface area contributed by atoms with Crippen LogP contribution in [0.4, 0.5) is 13.2 Å². The van der Waals surface area contributed by atoms with Gasteiger partial charge in [0.25, 0.3) is 0 Å². The molecule has 3 aromatic rings. The first-order valence-corrected chi connectivity index (χ1v) is 6.22. The van der Waals surface area contributed by atoms with Crippen LogP contribution >= 0.6 is 12.2 Å². The molecule has 0 radical (unpaired) electrons. The number of nitrogens with one attached hydrogen (secondary N) is 1. The van der Waals surface area contributed by atoms with E-state index in [0.717, 1.165) is 10.6 Å². The summed E-state index contributed by atoms with van der Waals surface area (Å²) in [6.45, 7) is 0. The summed E-state index contributed by atoms with van der Waals surface area (Å²) in [7, 11) is 0. The number of aromatic amines is 1. The van der Waals surface area contributed by atoms with E-state index in [4.69, 9.17) is 12.2 Å². The highest BCUT2D eigenvalue weighted by molar-refractivity contribution is 7.71. The molecule has 0 bridgehead atoms. The molecule has 0 unspecified atom stereocenters. The molecule has 0 saturated carbocycles. The van der Waals surface area contributed by atoms with E-state index in [9.17, 15) is 13.2 Å². The van der Waals surface area contributed by atoms with Gasteiger partial charge >= 0.3 is 0 Å². The van der Waals surface area contributed by atoms with Gasteiger partial charge in [-0.2, -0.15) is 5.10 Å². The van der Waals surface area contributed by atoms with E-state index in [0.29, 0.717) is 11.8 Å². The van der Waals surface area contributed by atoms with Gasteiger partial charge in [-0.05, 0) is 24.4 Å². The first kappa shape index (κ1) is 13.5. The van der Waals surface area contributed by atoms with Gasteiger partial charge < -0.3 is 0 Å². The Bertz CT molecular complexity index is 858. The van der Waals surface area contributed by atoms with Gasteiger partial charge in [0.1, 0.15) is 11.5 Å². The van der Waals surface area contributed by atoms with Crippen molar-refractivity contribution in [1.82, 2.24) is 19.7 Å². The molecule has 0 fully saturated rings. The van der Waals surface area contributed by atoms with Crippen molar-refractivity contribution in [3.05, 3.63) is 58.8 Å². The highest BCUT2D eigenvalue weighted by Crippen LogP contribution is 2.23. The third-order valence-electron chi connectivity index (χ3n) is 2.80. The van der Waals surface area contributed by atoms with Gasteiger partial charge in [-0.15, -0.1) is 0 Å². The Labute approximate surface area is 121 Å². The molecule has 0 aliphatic heterocycles. The van der Waals surface area contributed by atoms with Crippen LogP contribution in [0.15, 0.2) is 36.5 Å². The minimum Gasteiger partial charge on any atom is -0.264 e. The molecule has 0 aliphatic carbocycles. The van der Waals surface area contributed by atoms with Crippen molar-refractivity contribution >= 4 is 12.2 Å². The highest BCUT2D eigenvalue weighted by atomic mass is 32.1.